The molecule has 0 radical (unpaired) electrons. The van der Waals surface area contributed by atoms with E-state index in [0.717, 1.165) is 30.8 Å². The van der Waals surface area contributed by atoms with E-state index in [4.69, 9.17) is 9.47 Å². The zero-order chi connectivity index (χ0) is 15.5. The Balaban J connectivity index is 2.52. The van der Waals surface area contributed by atoms with Crippen LogP contribution in [0.2, 0.25) is 0 Å². The SMILES string of the molecule is CCCNCc1ccc(OC)c(OCCCC(=O)NC)c1. The number of nitrogens with one attached hydrogen (secondary N) is 2. The Hall–Kier alpha value is -1.75. The van der Waals surface area contributed by atoms with Crippen LogP contribution in [0.1, 0.15) is 31.7 Å². The number of amides is 1. The van der Waals surface area contributed by atoms with Crippen molar-refractivity contribution in [2.24, 2.45) is 0 Å². The van der Waals surface area contributed by atoms with Crippen LogP contribution in [0.15, 0.2) is 18.2 Å². The summed E-state index contributed by atoms with van der Waals surface area (Å²) in [5, 5.41) is 5.95. The molecule has 1 aromatic rings. The maximum Gasteiger partial charge on any atom is 0.219 e. The molecule has 2 N–H and O–H groups in total. The molecule has 5 nitrogen and oxygen atoms in total. The molecule has 0 spiro atoms. The van der Waals surface area contributed by atoms with Crippen molar-refractivity contribution in [3.63, 3.8) is 0 Å². The van der Waals surface area contributed by atoms with Gasteiger partial charge < -0.3 is 20.1 Å². The van der Waals surface area contributed by atoms with E-state index < -0.39 is 0 Å². The summed E-state index contributed by atoms with van der Waals surface area (Å²) in [6, 6.07) is 5.93. The molecule has 1 amide bonds. The molecule has 0 bridgehead atoms. The number of rotatable bonds is 10. The van der Waals surface area contributed by atoms with E-state index in [9.17, 15) is 4.79 Å². The van der Waals surface area contributed by atoms with Gasteiger partial charge in [-0.15, -0.1) is 0 Å². The normalized spacial score (nSPS) is 10.2. The van der Waals surface area contributed by atoms with Crippen molar-refractivity contribution < 1.29 is 14.3 Å². The second-order valence-electron chi connectivity index (χ2n) is 4.79. The molecule has 5 heteroatoms. The molecular formula is C16H26N2O3. The van der Waals surface area contributed by atoms with Crippen LogP contribution in [0.4, 0.5) is 0 Å². The Labute approximate surface area is 127 Å². The number of hydrogen-bond donors (Lipinski definition) is 2. The zero-order valence-electron chi connectivity index (χ0n) is 13.2. The molecule has 0 unspecified atom stereocenters. The molecular weight excluding hydrogens is 268 g/mol. The summed E-state index contributed by atoms with van der Waals surface area (Å²) >= 11 is 0. The summed E-state index contributed by atoms with van der Waals surface area (Å²) in [5.74, 6) is 1.47. The largest absolute Gasteiger partial charge is 0.493 e. The van der Waals surface area contributed by atoms with Crippen LogP contribution in [-0.2, 0) is 11.3 Å². The van der Waals surface area contributed by atoms with Gasteiger partial charge in [0.1, 0.15) is 0 Å². The van der Waals surface area contributed by atoms with Gasteiger partial charge in [-0.25, -0.2) is 0 Å². The van der Waals surface area contributed by atoms with Crippen molar-refractivity contribution in [1.29, 1.82) is 0 Å². The molecule has 1 rings (SSSR count). The second kappa shape index (κ2) is 10.0. The van der Waals surface area contributed by atoms with Gasteiger partial charge in [0.2, 0.25) is 5.91 Å². The van der Waals surface area contributed by atoms with Gasteiger partial charge in [-0.2, -0.15) is 0 Å². The third kappa shape index (κ3) is 6.49. The van der Waals surface area contributed by atoms with Crippen molar-refractivity contribution in [3.8, 4) is 11.5 Å². The predicted octanol–water partition coefficient (Wildman–Crippen LogP) is 2.10. The van der Waals surface area contributed by atoms with Crippen LogP contribution in [0.25, 0.3) is 0 Å². The standard InChI is InChI=1S/C16H26N2O3/c1-4-9-18-12-13-7-8-14(20-3)15(11-13)21-10-5-6-16(19)17-2/h7-8,11,18H,4-6,9-10,12H2,1-3H3,(H,17,19). The van der Waals surface area contributed by atoms with Crippen molar-refractivity contribution in [2.75, 3.05) is 27.3 Å². The van der Waals surface area contributed by atoms with Gasteiger partial charge in [0.25, 0.3) is 0 Å². The van der Waals surface area contributed by atoms with Gasteiger partial charge in [-0.1, -0.05) is 13.0 Å². The topological polar surface area (TPSA) is 59.6 Å². The van der Waals surface area contributed by atoms with Gasteiger partial charge in [0, 0.05) is 20.0 Å². The molecule has 0 saturated heterocycles. The molecule has 0 heterocycles. The van der Waals surface area contributed by atoms with Crippen molar-refractivity contribution in [1.82, 2.24) is 10.6 Å². The fourth-order valence-corrected chi connectivity index (χ4v) is 1.89. The summed E-state index contributed by atoms with van der Waals surface area (Å²) < 4.78 is 11.0. The van der Waals surface area contributed by atoms with Gasteiger partial charge in [0.05, 0.1) is 13.7 Å². The molecule has 1 aromatic carbocycles. The van der Waals surface area contributed by atoms with Crippen LogP contribution in [0.3, 0.4) is 0 Å². The van der Waals surface area contributed by atoms with Crippen molar-refractivity contribution in [2.45, 2.75) is 32.7 Å². The summed E-state index contributed by atoms with van der Waals surface area (Å²) in [4.78, 5) is 11.1. The third-order valence-electron chi connectivity index (χ3n) is 3.07. The summed E-state index contributed by atoms with van der Waals surface area (Å²) in [6.45, 7) is 4.44. The highest BCUT2D eigenvalue weighted by Crippen LogP contribution is 2.28. The maximum absolute atomic E-state index is 11.1. The molecule has 0 aromatic heterocycles. The molecule has 21 heavy (non-hydrogen) atoms. The summed E-state index contributed by atoms with van der Waals surface area (Å²) in [7, 11) is 3.26. The lowest BCUT2D eigenvalue weighted by atomic mass is 10.2. The van der Waals surface area contributed by atoms with Crippen LogP contribution < -0.4 is 20.1 Å². The molecule has 0 fully saturated rings. The number of carbonyl (C=O) groups is 1. The predicted molar refractivity (Wildman–Crippen MR) is 83.8 cm³/mol. The number of hydrogen-bond acceptors (Lipinski definition) is 4. The van der Waals surface area contributed by atoms with E-state index in [1.54, 1.807) is 14.2 Å². The molecule has 0 atom stereocenters. The lowest BCUT2D eigenvalue weighted by molar-refractivity contribution is -0.120. The van der Waals surface area contributed by atoms with Crippen LogP contribution in [-0.4, -0.2) is 33.2 Å². The fraction of sp³-hybridized carbons (Fsp3) is 0.562. The number of ether oxygens (including phenoxy) is 2. The summed E-state index contributed by atoms with van der Waals surface area (Å²) in [6.07, 6.45) is 2.26. The van der Waals surface area contributed by atoms with E-state index in [1.165, 1.54) is 0 Å². The minimum absolute atomic E-state index is 0.0306. The smallest absolute Gasteiger partial charge is 0.219 e. The Bertz CT molecular complexity index is 436. The van der Waals surface area contributed by atoms with Crippen LogP contribution in [0, 0.1) is 0 Å². The number of benzene rings is 1. The molecule has 0 aliphatic heterocycles. The first-order chi connectivity index (χ1) is 10.2. The second-order valence-corrected chi connectivity index (χ2v) is 4.79. The first-order valence-corrected chi connectivity index (χ1v) is 7.42. The summed E-state index contributed by atoms with van der Waals surface area (Å²) in [5.41, 5.74) is 1.16. The molecule has 0 aliphatic rings. The highest BCUT2D eigenvalue weighted by atomic mass is 16.5. The number of methoxy groups -OCH3 is 1. The van der Waals surface area contributed by atoms with Gasteiger partial charge >= 0.3 is 0 Å². The van der Waals surface area contributed by atoms with Gasteiger partial charge in [0.15, 0.2) is 11.5 Å². The van der Waals surface area contributed by atoms with E-state index in [1.807, 2.05) is 18.2 Å². The monoisotopic (exact) mass is 294 g/mol. The third-order valence-corrected chi connectivity index (χ3v) is 3.07. The van der Waals surface area contributed by atoms with Crippen molar-refractivity contribution >= 4 is 5.91 Å². The first-order valence-electron chi connectivity index (χ1n) is 7.42. The lowest BCUT2D eigenvalue weighted by Gasteiger charge is -2.12. The molecule has 0 saturated carbocycles. The highest BCUT2D eigenvalue weighted by Gasteiger charge is 2.06. The fourth-order valence-electron chi connectivity index (χ4n) is 1.89. The van der Waals surface area contributed by atoms with Crippen molar-refractivity contribution in [3.05, 3.63) is 23.8 Å². The Kier molecular flexibility index (Phi) is 8.28. The highest BCUT2D eigenvalue weighted by molar-refractivity contribution is 5.75. The molecule has 0 aliphatic carbocycles. The van der Waals surface area contributed by atoms with E-state index in [2.05, 4.69) is 17.6 Å². The first kappa shape index (κ1) is 17.3. The Morgan fingerprint density at radius 2 is 2.10 bits per heavy atom. The maximum atomic E-state index is 11.1. The van der Waals surface area contributed by atoms with E-state index >= 15 is 0 Å². The zero-order valence-corrected chi connectivity index (χ0v) is 13.2. The van der Waals surface area contributed by atoms with Crippen LogP contribution in [0.5, 0.6) is 11.5 Å². The lowest BCUT2D eigenvalue weighted by Crippen LogP contribution is -2.18. The van der Waals surface area contributed by atoms with Gasteiger partial charge in [-0.05, 0) is 37.1 Å². The average molecular weight is 294 g/mol. The molecule has 118 valence electrons. The minimum Gasteiger partial charge on any atom is -0.493 e. The van der Waals surface area contributed by atoms with Gasteiger partial charge in [-0.3, -0.25) is 4.79 Å². The Morgan fingerprint density at radius 1 is 1.29 bits per heavy atom. The van der Waals surface area contributed by atoms with Crippen LogP contribution >= 0.6 is 0 Å². The van der Waals surface area contributed by atoms with E-state index in [-0.39, 0.29) is 5.91 Å². The Morgan fingerprint density at radius 3 is 2.76 bits per heavy atom. The average Bonchev–Trinajstić information content (AvgIpc) is 2.51. The quantitative estimate of drug-likeness (QED) is 0.649. The minimum atomic E-state index is 0.0306. The van der Waals surface area contributed by atoms with E-state index in [0.29, 0.717) is 25.2 Å². The number of carbonyl (C=O) groups excluding carboxylic acids is 1.